The molecule has 100 valence electrons. The van der Waals surface area contributed by atoms with E-state index in [1.54, 1.807) is 25.4 Å². The number of anilines is 1. The second-order valence-corrected chi connectivity index (χ2v) is 5.61. The van der Waals surface area contributed by atoms with Gasteiger partial charge in [0.05, 0.1) is 16.1 Å². The summed E-state index contributed by atoms with van der Waals surface area (Å²) >= 11 is 6.84. The zero-order valence-electron chi connectivity index (χ0n) is 10.4. The van der Waals surface area contributed by atoms with Crippen molar-refractivity contribution in [3.05, 3.63) is 38.9 Å². The molecule has 0 spiro atoms. The van der Waals surface area contributed by atoms with Gasteiger partial charge in [-0.1, -0.05) is 0 Å². The number of aryl methyl sites for hydroxylation is 1. The summed E-state index contributed by atoms with van der Waals surface area (Å²) in [5.41, 5.74) is 7.39. The Hall–Kier alpha value is -1.27. The third kappa shape index (κ3) is 3.19. The van der Waals surface area contributed by atoms with Crippen molar-refractivity contribution in [1.29, 1.82) is 0 Å². The molecular weight excluding hydrogens is 376 g/mol. The second-order valence-electron chi connectivity index (χ2n) is 3.90. The van der Waals surface area contributed by atoms with Crippen LogP contribution in [0.2, 0.25) is 0 Å². The van der Waals surface area contributed by atoms with E-state index in [1.165, 1.54) is 0 Å². The lowest BCUT2D eigenvalue weighted by molar-refractivity contribution is 0.408. The van der Waals surface area contributed by atoms with Gasteiger partial charge in [0.15, 0.2) is 0 Å². The van der Waals surface area contributed by atoms with E-state index in [9.17, 15) is 0 Å². The van der Waals surface area contributed by atoms with Crippen LogP contribution in [0.1, 0.15) is 5.56 Å². The van der Waals surface area contributed by atoms with Gasteiger partial charge in [0.25, 0.3) is 0 Å². The van der Waals surface area contributed by atoms with Crippen LogP contribution >= 0.6 is 31.9 Å². The van der Waals surface area contributed by atoms with E-state index in [0.717, 1.165) is 20.3 Å². The van der Waals surface area contributed by atoms with Crippen LogP contribution in [0.15, 0.2) is 33.3 Å². The molecule has 0 amide bonds. The second kappa shape index (κ2) is 5.79. The summed E-state index contributed by atoms with van der Waals surface area (Å²) in [6.45, 7) is 1.89. The van der Waals surface area contributed by atoms with Crippen LogP contribution in [0.3, 0.4) is 0 Å². The molecule has 0 fully saturated rings. The molecule has 19 heavy (non-hydrogen) atoms. The largest absolute Gasteiger partial charge is 0.496 e. The Morgan fingerprint density at radius 1 is 1.11 bits per heavy atom. The Labute approximate surface area is 128 Å². The molecule has 0 saturated heterocycles. The quantitative estimate of drug-likeness (QED) is 0.852. The molecule has 0 bridgehead atoms. The Balaban J connectivity index is 2.32. The number of nitrogen functional groups attached to an aromatic ring is 1. The highest BCUT2D eigenvalue weighted by molar-refractivity contribution is 9.11. The van der Waals surface area contributed by atoms with Crippen molar-refractivity contribution >= 4 is 37.5 Å². The number of ether oxygens (including phenoxy) is 2. The monoisotopic (exact) mass is 386 g/mol. The van der Waals surface area contributed by atoms with E-state index >= 15 is 0 Å². The van der Waals surface area contributed by atoms with Crippen LogP contribution in [0, 0.1) is 6.92 Å². The molecule has 2 N–H and O–H groups in total. The van der Waals surface area contributed by atoms with Gasteiger partial charge in [-0.3, -0.25) is 0 Å². The normalized spacial score (nSPS) is 10.3. The third-order valence-corrected chi connectivity index (χ3v) is 3.78. The van der Waals surface area contributed by atoms with Gasteiger partial charge in [-0.2, -0.15) is 0 Å². The van der Waals surface area contributed by atoms with Crippen molar-refractivity contribution < 1.29 is 9.47 Å². The van der Waals surface area contributed by atoms with Crippen molar-refractivity contribution in [1.82, 2.24) is 4.98 Å². The first-order chi connectivity index (χ1) is 9.01. The minimum atomic E-state index is 0.445. The van der Waals surface area contributed by atoms with E-state index in [-0.39, 0.29) is 0 Å². The maximum absolute atomic E-state index is 5.83. The minimum absolute atomic E-state index is 0.445. The average molecular weight is 388 g/mol. The van der Waals surface area contributed by atoms with Gasteiger partial charge in [0.1, 0.15) is 11.5 Å². The fourth-order valence-corrected chi connectivity index (χ4v) is 2.32. The predicted octanol–water partition coefficient (Wildman–Crippen LogP) is 4.30. The van der Waals surface area contributed by atoms with E-state index in [2.05, 4.69) is 36.8 Å². The summed E-state index contributed by atoms with van der Waals surface area (Å²) in [4.78, 5) is 4.18. The molecule has 6 heteroatoms. The number of nitrogens with two attached hydrogens (primary N) is 1. The van der Waals surface area contributed by atoms with E-state index in [0.29, 0.717) is 17.3 Å². The predicted molar refractivity (Wildman–Crippen MR) is 81.9 cm³/mol. The molecule has 0 atom stereocenters. The van der Waals surface area contributed by atoms with E-state index in [4.69, 9.17) is 15.2 Å². The van der Waals surface area contributed by atoms with Crippen molar-refractivity contribution in [2.24, 2.45) is 0 Å². The molecule has 2 aromatic rings. The molecule has 2 rings (SSSR count). The van der Waals surface area contributed by atoms with Crippen LogP contribution in [-0.2, 0) is 0 Å². The van der Waals surface area contributed by atoms with Gasteiger partial charge in [-0.25, -0.2) is 4.98 Å². The molecule has 4 nitrogen and oxygen atoms in total. The SMILES string of the molecule is COc1cc(Br)c(Oc2cc(N)c(C)cn2)cc1Br. The van der Waals surface area contributed by atoms with Gasteiger partial charge < -0.3 is 15.2 Å². The molecule has 0 saturated carbocycles. The van der Waals surface area contributed by atoms with Crippen LogP contribution in [-0.4, -0.2) is 12.1 Å². The Kier molecular flexibility index (Phi) is 4.31. The van der Waals surface area contributed by atoms with E-state index in [1.807, 2.05) is 13.0 Å². The number of methoxy groups -OCH3 is 1. The molecule has 0 aliphatic rings. The van der Waals surface area contributed by atoms with Crippen LogP contribution < -0.4 is 15.2 Å². The summed E-state index contributed by atoms with van der Waals surface area (Å²) in [5.74, 6) is 1.79. The molecule has 1 heterocycles. The Morgan fingerprint density at radius 2 is 1.74 bits per heavy atom. The topological polar surface area (TPSA) is 57.4 Å². The highest BCUT2D eigenvalue weighted by atomic mass is 79.9. The number of rotatable bonds is 3. The Bertz CT molecular complexity index is 618. The zero-order valence-corrected chi connectivity index (χ0v) is 13.6. The van der Waals surface area contributed by atoms with Crippen LogP contribution in [0.5, 0.6) is 17.4 Å². The molecule has 1 aromatic carbocycles. The summed E-state index contributed by atoms with van der Waals surface area (Å²) in [5, 5.41) is 0. The first-order valence-electron chi connectivity index (χ1n) is 5.44. The summed E-state index contributed by atoms with van der Waals surface area (Å²) in [6, 6.07) is 5.32. The maximum Gasteiger partial charge on any atom is 0.221 e. The van der Waals surface area contributed by atoms with Gasteiger partial charge in [0.2, 0.25) is 5.88 Å². The highest BCUT2D eigenvalue weighted by Gasteiger charge is 2.10. The standard InChI is InChI=1S/C13H12Br2N2O2/c1-7-6-17-13(5-10(7)16)19-12-4-8(14)11(18-2)3-9(12)15/h3-6H,1-2H3,(H2,16,17). The summed E-state index contributed by atoms with van der Waals surface area (Å²) in [7, 11) is 1.61. The average Bonchev–Trinajstić information content (AvgIpc) is 2.38. The van der Waals surface area contributed by atoms with Crippen LogP contribution in [0.25, 0.3) is 0 Å². The fourth-order valence-electron chi connectivity index (χ4n) is 1.43. The van der Waals surface area contributed by atoms with Gasteiger partial charge >= 0.3 is 0 Å². The molecule has 0 radical (unpaired) electrons. The molecule has 1 aromatic heterocycles. The molecule has 0 aliphatic heterocycles. The first-order valence-corrected chi connectivity index (χ1v) is 7.03. The van der Waals surface area contributed by atoms with Crippen molar-refractivity contribution in [2.45, 2.75) is 6.92 Å². The van der Waals surface area contributed by atoms with Gasteiger partial charge in [-0.05, 0) is 56.5 Å². The number of halogens is 2. The van der Waals surface area contributed by atoms with Crippen molar-refractivity contribution in [3.8, 4) is 17.4 Å². The van der Waals surface area contributed by atoms with Gasteiger partial charge in [-0.15, -0.1) is 0 Å². The third-order valence-electron chi connectivity index (χ3n) is 2.54. The number of hydrogen-bond donors (Lipinski definition) is 1. The fraction of sp³-hybridized carbons (Fsp3) is 0.154. The number of aromatic nitrogens is 1. The van der Waals surface area contributed by atoms with Crippen molar-refractivity contribution in [2.75, 3.05) is 12.8 Å². The number of pyridine rings is 1. The first kappa shape index (κ1) is 14.1. The number of hydrogen-bond acceptors (Lipinski definition) is 4. The lowest BCUT2D eigenvalue weighted by Crippen LogP contribution is -1.95. The van der Waals surface area contributed by atoms with Crippen LogP contribution in [0.4, 0.5) is 5.69 Å². The molecular formula is C13H12Br2N2O2. The molecule has 0 unspecified atom stereocenters. The smallest absolute Gasteiger partial charge is 0.221 e. The summed E-state index contributed by atoms with van der Waals surface area (Å²) < 4.78 is 12.5. The lowest BCUT2D eigenvalue weighted by atomic mass is 10.3. The lowest BCUT2D eigenvalue weighted by Gasteiger charge is -2.11. The van der Waals surface area contributed by atoms with Crippen molar-refractivity contribution in [3.63, 3.8) is 0 Å². The minimum Gasteiger partial charge on any atom is -0.496 e. The van der Waals surface area contributed by atoms with E-state index < -0.39 is 0 Å². The molecule has 0 aliphatic carbocycles. The number of nitrogens with zero attached hydrogens (tertiary/aromatic N) is 1. The zero-order chi connectivity index (χ0) is 14.0. The number of benzene rings is 1. The highest BCUT2D eigenvalue weighted by Crippen LogP contribution is 2.38. The van der Waals surface area contributed by atoms with Gasteiger partial charge in [0, 0.05) is 18.0 Å². The maximum atomic E-state index is 5.83. The Morgan fingerprint density at radius 3 is 2.37 bits per heavy atom. The summed E-state index contributed by atoms with van der Waals surface area (Å²) in [6.07, 6.45) is 1.68.